The Bertz CT molecular complexity index is 2130. The second kappa shape index (κ2) is 68.0. The first-order valence-corrected chi connectivity index (χ1v) is 31.9. The first kappa shape index (κ1) is 76.5. The average molecular weight is 1130 g/mol. The molecule has 0 radical (unpaired) electrons. The number of esters is 3. The van der Waals surface area contributed by atoms with Crippen molar-refractivity contribution in [2.45, 2.75) is 219 Å². The van der Waals surface area contributed by atoms with Gasteiger partial charge in [0.15, 0.2) is 6.10 Å². The van der Waals surface area contributed by atoms with Gasteiger partial charge in [-0.1, -0.05) is 265 Å². The lowest BCUT2D eigenvalue weighted by Gasteiger charge is -2.18. The van der Waals surface area contributed by atoms with Gasteiger partial charge in [-0.15, -0.1) is 0 Å². The van der Waals surface area contributed by atoms with Gasteiger partial charge in [0.1, 0.15) is 13.2 Å². The molecule has 0 N–H and O–H groups in total. The van der Waals surface area contributed by atoms with Gasteiger partial charge in [0.2, 0.25) is 0 Å². The molecule has 0 fully saturated rings. The molecule has 0 aromatic carbocycles. The van der Waals surface area contributed by atoms with E-state index in [9.17, 15) is 14.4 Å². The highest BCUT2D eigenvalue weighted by atomic mass is 16.6. The van der Waals surface area contributed by atoms with Crippen LogP contribution in [0.4, 0.5) is 0 Å². The van der Waals surface area contributed by atoms with E-state index >= 15 is 0 Å². The van der Waals surface area contributed by atoms with Gasteiger partial charge < -0.3 is 14.2 Å². The predicted octanol–water partition coefficient (Wildman–Crippen LogP) is 22.3. The molecular formula is C77H112O6. The third kappa shape index (κ3) is 66.2. The molecule has 1 unspecified atom stereocenters. The van der Waals surface area contributed by atoms with Crippen LogP contribution in [0.3, 0.4) is 0 Å². The van der Waals surface area contributed by atoms with Crippen molar-refractivity contribution in [2.24, 2.45) is 0 Å². The maximum absolute atomic E-state index is 12.9. The lowest BCUT2D eigenvalue weighted by molar-refractivity contribution is -0.166. The molecule has 0 heterocycles. The third-order valence-electron chi connectivity index (χ3n) is 12.2. The molecule has 0 saturated heterocycles. The normalized spacial score (nSPS) is 13.7. The maximum Gasteiger partial charge on any atom is 0.309 e. The zero-order valence-electron chi connectivity index (χ0n) is 52.1. The number of hydrogen-bond donors (Lipinski definition) is 0. The molecule has 0 amide bonds. The lowest BCUT2D eigenvalue weighted by Crippen LogP contribution is -2.30. The van der Waals surface area contributed by atoms with Gasteiger partial charge in [0, 0.05) is 12.8 Å². The summed E-state index contributed by atoms with van der Waals surface area (Å²) < 4.78 is 16.7. The number of unbranched alkanes of at least 4 members (excludes halogenated alkanes) is 6. The van der Waals surface area contributed by atoms with Crippen LogP contribution in [0.5, 0.6) is 0 Å². The minimum atomic E-state index is -0.870. The maximum atomic E-state index is 12.9. The molecule has 456 valence electrons. The van der Waals surface area contributed by atoms with E-state index in [4.69, 9.17) is 14.2 Å². The van der Waals surface area contributed by atoms with Crippen molar-refractivity contribution in [3.8, 4) is 0 Å². The highest BCUT2D eigenvalue weighted by Gasteiger charge is 2.19. The third-order valence-corrected chi connectivity index (χ3v) is 12.2. The minimum Gasteiger partial charge on any atom is -0.462 e. The van der Waals surface area contributed by atoms with Gasteiger partial charge in [-0.05, 0) is 161 Å². The Hall–Kier alpha value is -6.53. The number of ether oxygens (including phenoxy) is 3. The summed E-state index contributed by atoms with van der Waals surface area (Å²) in [5, 5.41) is 0. The van der Waals surface area contributed by atoms with Gasteiger partial charge in [-0.3, -0.25) is 14.4 Å². The van der Waals surface area contributed by atoms with Crippen molar-refractivity contribution >= 4 is 17.9 Å². The van der Waals surface area contributed by atoms with E-state index in [1.807, 2.05) is 6.08 Å². The molecule has 0 aromatic rings. The summed E-state index contributed by atoms with van der Waals surface area (Å²) in [6, 6.07) is 0. The SMILES string of the molecule is CC/C=C\C/C=C\C/C=C\C/C=C\C/C=C\C/C=C\C/C=C\C/C=C\CCCCCCC(=O)OCC(COC(=O)C/C=C\C/C=C\C/C=C\C/C=C\C/C=C\CC)OC(=O)CCCC/C=C\C/C=C\C/C=C\C/C=C\C/C=C\C/C=C\CC. The van der Waals surface area contributed by atoms with Crippen LogP contribution in [0.25, 0.3) is 0 Å². The van der Waals surface area contributed by atoms with Crippen LogP contribution >= 0.6 is 0 Å². The smallest absolute Gasteiger partial charge is 0.309 e. The molecular weight excluding hydrogens is 1020 g/mol. The fourth-order valence-electron chi connectivity index (χ4n) is 7.53. The molecule has 0 aliphatic rings. The highest BCUT2D eigenvalue weighted by Crippen LogP contribution is 2.11. The molecule has 0 rings (SSSR count). The number of rotatable bonds is 54. The summed E-state index contributed by atoms with van der Waals surface area (Å²) in [4.78, 5) is 38.3. The molecule has 0 spiro atoms. The number of hydrogen-bond acceptors (Lipinski definition) is 6. The van der Waals surface area contributed by atoms with Crippen molar-refractivity contribution in [3.63, 3.8) is 0 Å². The quantitative estimate of drug-likeness (QED) is 0.0261. The van der Waals surface area contributed by atoms with Gasteiger partial charge in [0.05, 0.1) is 6.42 Å². The van der Waals surface area contributed by atoms with Gasteiger partial charge in [0.25, 0.3) is 0 Å². The van der Waals surface area contributed by atoms with Crippen LogP contribution in [0.1, 0.15) is 213 Å². The molecule has 0 bridgehead atoms. The lowest BCUT2D eigenvalue weighted by atomic mass is 10.1. The van der Waals surface area contributed by atoms with E-state index in [1.165, 1.54) is 0 Å². The van der Waals surface area contributed by atoms with E-state index in [1.54, 1.807) is 6.08 Å². The Morgan fingerprint density at radius 3 is 0.795 bits per heavy atom. The average Bonchev–Trinajstić information content (AvgIpc) is 3.49. The van der Waals surface area contributed by atoms with E-state index in [2.05, 4.69) is 240 Å². The fourth-order valence-corrected chi connectivity index (χ4v) is 7.53. The van der Waals surface area contributed by atoms with Crippen molar-refractivity contribution in [3.05, 3.63) is 231 Å². The van der Waals surface area contributed by atoms with Crippen LogP contribution in [0.15, 0.2) is 231 Å². The Balaban J connectivity index is 4.61. The largest absolute Gasteiger partial charge is 0.462 e. The van der Waals surface area contributed by atoms with Crippen LogP contribution in [-0.4, -0.2) is 37.2 Å². The second-order valence-electron chi connectivity index (χ2n) is 19.8. The fraction of sp³-hybridized carbons (Fsp3) is 0.468. The number of carbonyl (C=O) groups excluding carboxylic acids is 3. The second-order valence-corrected chi connectivity index (χ2v) is 19.8. The molecule has 0 aliphatic carbocycles. The molecule has 6 heteroatoms. The first-order valence-electron chi connectivity index (χ1n) is 31.9. The van der Waals surface area contributed by atoms with Crippen LogP contribution in [-0.2, 0) is 28.6 Å². The summed E-state index contributed by atoms with van der Waals surface area (Å²) >= 11 is 0. The van der Waals surface area contributed by atoms with Crippen molar-refractivity contribution in [1.29, 1.82) is 0 Å². The first-order chi connectivity index (χ1) is 41.0. The summed E-state index contributed by atoms with van der Waals surface area (Å²) in [6.07, 6.45) is 108. The predicted molar refractivity (Wildman–Crippen MR) is 361 cm³/mol. The van der Waals surface area contributed by atoms with Crippen molar-refractivity contribution in [2.75, 3.05) is 13.2 Å². The van der Waals surface area contributed by atoms with Gasteiger partial charge >= 0.3 is 17.9 Å². The zero-order valence-corrected chi connectivity index (χ0v) is 52.1. The molecule has 1 atom stereocenters. The molecule has 0 saturated carbocycles. The van der Waals surface area contributed by atoms with Crippen molar-refractivity contribution in [1.82, 2.24) is 0 Å². The van der Waals surface area contributed by atoms with Crippen LogP contribution < -0.4 is 0 Å². The van der Waals surface area contributed by atoms with Gasteiger partial charge in [-0.25, -0.2) is 0 Å². The topological polar surface area (TPSA) is 78.9 Å². The van der Waals surface area contributed by atoms with Crippen LogP contribution in [0, 0.1) is 0 Å². The Labute approximate surface area is 507 Å². The minimum absolute atomic E-state index is 0.0984. The molecule has 0 aliphatic heterocycles. The summed E-state index contributed by atoms with van der Waals surface area (Å²) in [5.74, 6) is -1.17. The monoisotopic (exact) mass is 1130 g/mol. The Morgan fingerprint density at radius 2 is 0.482 bits per heavy atom. The van der Waals surface area contributed by atoms with Crippen LogP contribution in [0.2, 0.25) is 0 Å². The molecule has 0 aromatic heterocycles. The standard InChI is InChI=1S/C77H112O6/c1-4-7-10-13-16-19-22-25-28-30-32-34-35-36-37-38-39-40-41-43-44-46-49-52-55-58-61-64-67-70-76(79)82-73-74(72-81-75(78)69-66-63-60-57-54-51-48-27-24-21-18-15-12-9-6-3)83-77(80)71-68-65-62-59-56-53-50-47-45-42-33-31-29-26-23-20-17-14-11-8-5-2/h7-12,16-21,25-29,32-34,36-37,39-40,42-44,47-50,52,54,56-57,59,63,66,74H,4-6,13-15,22-24,30-31,35,38,41,45-46,51,53,55,58,60-62,64-65,67-73H2,1-3H3/b10-7-,11-8-,12-9-,19-16-,20-17-,21-18-,28-25-,29-26-,34-32-,37-36-,40-39-,42-33-,44-43-,48-27-,50-47-,52-49-,57-54-,59-56-,66-63-. The number of carbonyl (C=O) groups is 3. The molecule has 6 nitrogen and oxygen atoms in total. The Kier molecular flexibility index (Phi) is 62.6. The van der Waals surface area contributed by atoms with Gasteiger partial charge in [-0.2, -0.15) is 0 Å². The van der Waals surface area contributed by atoms with E-state index < -0.39 is 18.0 Å². The summed E-state index contributed by atoms with van der Waals surface area (Å²) in [6.45, 7) is 6.12. The summed E-state index contributed by atoms with van der Waals surface area (Å²) in [5.41, 5.74) is 0. The zero-order chi connectivity index (χ0) is 59.9. The van der Waals surface area contributed by atoms with Crippen molar-refractivity contribution < 1.29 is 28.6 Å². The van der Waals surface area contributed by atoms with E-state index in [-0.39, 0.29) is 38.4 Å². The number of allylic oxidation sites excluding steroid dienone is 37. The highest BCUT2D eigenvalue weighted by molar-refractivity contribution is 5.72. The molecule has 83 heavy (non-hydrogen) atoms. The summed E-state index contributed by atoms with van der Waals surface area (Å²) in [7, 11) is 0. The van der Waals surface area contributed by atoms with E-state index in [0.29, 0.717) is 12.8 Å². The van der Waals surface area contributed by atoms with E-state index in [0.717, 1.165) is 161 Å². The Morgan fingerprint density at radius 1 is 0.253 bits per heavy atom.